The molecular formula is C9H5ClN4. The fourth-order valence-corrected chi connectivity index (χ4v) is 1.31. The van der Waals surface area contributed by atoms with Crippen molar-refractivity contribution in [2.75, 3.05) is 0 Å². The molecule has 0 aliphatic carbocycles. The monoisotopic (exact) mass is 204 g/mol. The molecule has 0 atom stereocenters. The minimum atomic E-state index is 0.318. The Morgan fingerprint density at radius 2 is 2.29 bits per heavy atom. The van der Waals surface area contributed by atoms with Crippen LogP contribution >= 0.6 is 11.6 Å². The zero-order valence-corrected chi connectivity index (χ0v) is 7.81. The number of halogens is 1. The molecule has 0 bridgehead atoms. The van der Waals surface area contributed by atoms with Crippen molar-refractivity contribution < 1.29 is 0 Å². The number of pyridine rings is 1. The SMILES string of the molecule is N#Cc1ccnc(-n2cccn2)c1Cl. The predicted octanol–water partition coefficient (Wildman–Crippen LogP) is 1.79. The van der Waals surface area contributed by atoms with Crippen molar-refractivity contribution in [1.29, 1.82) is 5.26 Å². The molecule has 0 aromatic carbocycles. The van der Waals surface area contributed by atoms with E-state index >= 15 is 0 Å². The van der Waals surface area contributed by atoms with Gasteiger partial charge in [0, 0.05) is 18.6 Å². The van der Waals surface area contributed by atoms with Gasteiger partial charge in [-0.3, -0.25) is 0 Å². The third-order valence-corrected chi connectivity index (χ3v) is 2.09. The lowest BCUT2D eigenvalue weighted by molar-refractivity contribution is 0.846. The van der Waals surface area contributed by atoms with Crippen LogP contribution in [0, 0.1) is 11.3 Å². The molecule has 0 N–H and O–H groups in total. The summed E-state index contributed by atoms with van der Waals surface area (Å²) >= 11 is 5.95. The highest BCUT2D eigenvalue weighted by Crippen LogP contribution is 2.20. The van der Waals surface area contributed by atoms with Gasteiger partial charge in [-0.2, -0.15) is 10.4 Å². The molecule has 5 heteroatoms. The quantitative estimate of drug-likeness (QED) is 0.712. The van der Waals surface area contributed by atoms with Crippen LogP contribution in [0.5, 0.6) is 0 Å². The summed E-state index contributed by atoms with van der Waals surface area (Å²) in [6.45, 7) is 0. The van der Waals surface area contributed by atoms with E-state index in [1.165, 1.54) is 10.9 Å². The number of nitriles is 1. The van der Waals surface area contributed by atoms with Crippen molar-refractivity contribution in [3.8, 4) is 11.9 Å². The van der Waals surface area contributed by atoms with Crippen LogP contribution in [0.3, 0.4) is 0 Å². The van der Waals surface area contributed by atoms with E-state index in [4.69, 9.17) is 16.9 Å². The lowest BCUT2D eigenvalue weighted by Gasteiger charge is -2.02. The zero-order valence-electron chi connectivity index (χ0n) is 7.05. The summed E-state index contributed by atoms with van der Waals surface area (Å²) < 4.78 is 1.52. The normalized spacial score (nSPS) is 9.71. The van der Waals surface area contributed by atoms with Crippen LogP contribution in [0.1, 0.15) is 5.56 Å². The van der Waals surface area contributed by atoms with Crippen LogP contribution in [-0.2, 0) is 0 Å². The second kappa shape index (κ2) is 3.48. The molecule has 0 saturated carbocycles. The Kier molecular flexibility index (Phi) is 2.17. The first-order valence-corrected chi connectivity index (χ1v) is 4.25. The van der Waals surface area contributed by atoms with E-state index in [0.717, 1.165) is 0 Å². The summed E-state index contributed by atoms with van der Waals surface area (Å²) in [5, 5.41) is 13.0. The Morgan fingerprint density at radius 3 is 2.93 bits per heavy atom. The van der Waals surface area contributed by atoms with Gasteiger partial charge in [0.25, 0.3) is 0 Å². The number of nitrogens with zero attached hydrogens (tertiary/aromatic N) is 4. The van der Waals surface area contributed by atoms with Gasteiger partial charge in [-0.05, 0) is 12.1 Å². The van der Waals surface area contributed by atoms with Gasteiger partial charge in [0.15, 0.2) is 5.82 Å². The molecular weight excluding hydrogens is 200 g/mol. The van der Waals surface area contributed by atoms with E-state index in [0.29, 0.717) is 16.4 Å². The second-order valence-corrected chi connectivity index (χ2v) is 2.94. The van der Waals surface area contributed by atoms with Crippen LogP contribution in [-0.4, -0.2) is 14.8 Å². The third-order valence-electron chi connectivity index (χ3n) is 1.71. The van der Waals surface area contributed by atoms with Crippen molar-refractivity contribution in [1.82, 2.24) is 14.8 Å². The van der Waals surface area contributed by atoms with Gasteiger partial charge in [0.1, 0.15) is 11.1 Å². The number of hydrogen-bond acceptors (Lipinski definition) is 3. The maximum absolute atomic E-state index is 8.75. The summed E-state index contributed by atoms with van der Waals surface area (Å²) in [5.74, 6) is 0.468. The van der Waals surface area contributed by atoms with Gasteiger partial charge >= 0.3 is 0 Å². The molecule has 0 amide bonds. The highest BCUT2D eigenvalue weighted by atomic mass is 35.5. The maximum atomic E-state index is 8.75. The first-order valence-electron chi connectivity index (χ1n) is 3.87. The highest BCUT2D eigenvalue weighted by Gasteiger charge is 2.08. The van der Waals surface area contributed by atoms with Gasteiger partial charge in [0.2, 0.25) is 0 Å². The van der Waals surface area contributed by atoms with E-state index in [2.05, 4.69) is 10.1 Å². The van der Waals surface area contributed by atoms with Crippen molar-refractivity contribution >= 4 is 11.6 Å². The average molecular weight is 205 g/mol. The Labute approximate surface area is 85.4 Å². The summed E-state index contributed by atoms with van der Waals surface area (Å²) in [6, 6.07) is 5.31. The first-order chi connectivity index (χ1) is 6.83. The molecule has 0 unspecified atom stereocenters. The molecule has 0 fully saturated rings. The summed E-state index contributed by atoms with van der Waals surface area (Å²) in [7, 11) is 0. The lowest BCUT2D eigenvalue weighted by atomic mass is 10.3. The van der Waals surface area contributed by atoms with Crippen molar-refractivity contribution in [2.45, 2.75) is 0 Å². The van der Waals surface area contributed by atoms with E-state index < -0.39 is 0 Å². The molecule has 0 saturated heterocycles. The fourth-order valence-electron chi connectivity index (χ4n) is 1.07. The van der Waals surface area contributed by atoms with Crippen LogP contribution in [0.15, 0.2) is 30.7 Å². The maximum Gasteiger partial charge on any atom is 0.173 e. The minimum Gasteiger partial charge on any atom is -0.236 e. The Balaban J connectivity index is 2.61. The van der Waals surface area contributed by atoms with Crippen molar-refractivity contribution in [2.24, 2.45) is 0 Å². The molecule has 2 aromatic rings. The van der Waals surface area contributed by atoms with E-state index in [-0.39, 0.29) is 0 Å². The van der Waals surface area contributed by atoms with Crippen LogP contribution in [0.2, 0.25) is 5.02 Å². The predicted molar refractivity (Wildman–Crippen MR) is 51.1 cm³/mol. The molecule has 0 spiro atoms. The molecule has 2 heterocycles. The molecule has 0 aliphatic rings. The number of rotatable bonds is 1. The number of hydrogen-bond donors (Lipinski definition) is 0. The van der Waals surface area contributed by atoms with Gasteiger partial charge in [-0.1, -0.05) is 11.6 Å². The molecule has 4 nitrogen and oxygen atoms in total. The molecule has 2 rings (SSSR count). The third kappa shape index (κ3) is 1.34. The molecule has 2 aromatic heterocycles. The summed E-state index contributed by atoms with van der Waals surface area (Å²) in [5.41, 5.74) is 0.396. The fraction of sp³-hybridized carbons (Fsp3) is 0. The molecule has 0 aliphatic heterocycles. The topological polar surface area (TPSA) is 54.5 Å². The average Bonchev–Trinajstić information content (AvgIpc) is 2.71. The van der Waals surface area contributed by atoms with Crippen LogP contribution in [0.25, 0.3) is 5.82 Å². The van der Waals surface area contributed by atoms with Gasteiger partial charge in [-0.15, -0.1) is 0 Å². The molecule has 14 heavy (non-hydrogen) atoms. The molecule has 68 valence electrons. The van der Waals surface area contributed by atoms with Crippen LogP contribution in [0.4, 0.5) is 0 Å². The van der Waals surface area contributed by atoms with E-state index in [1.54, 1.807) is 24.5 Å². The van der Waals surface area contributed by atoms with E-state index in [1.807, 2.05) is 6.07 Å². The lowest BCUT2D eigenvalue weighted by Crippen LogP contribution is -1.99. The van der Waals surface area contributed by atoms with E-state index in [9.17, 15) is 0 Å². The van der Waals surface area contributed by atoms with Crippen LogP contribution < -0.4 is 0 Å². The zero-order chi connectivity index (χ0) is 9.97. The van der Waals surface area contributed by atoms with Gasteiger partial charge in [-0.25, -0.2) is 9.67 Å². The smallest absolute Gasteiger partial charge is 0.173 e. The summed E-state index contributed by atoms with van der Waals surface area (Å²) in [4.78, 5) is 4.05. The Morgan fingerprint density at radius 1 is 1.43 bits per heavy atom. The Hall–Kier alpha value is -1.86. The standard InChI is InChI=1S/C9H5ClN4/c10-8-7(6-11)2-4-12-9(8)14-5-1-3-13-14/h1-5H. The summed E-state index contributed by atoms with van der Waals surface area (Å²) in [6.07, 6.45) is 4.87. The first kappa shape index (κ1) is 8.73. The largest absolute Gasteiger partial charge is 0.236 e. The Bertz CT molecular complexity index is 484. The number of aromatic nitrogens is 3. The van der Waals surface area contributed by atoms with Gasteiger partial charge in [0.05, 0.1) is 5.56 Å². The highest BCUT2D eigenvalue weighted by molar-refractivity contribution is 6.33. The second-order valence-electron chi connectivity index (χ2n) is 2.56. The minimum absolute atomic E-state index is 0.318. The van der Waals surface area contributed by atoms with Gasteiger partial charge < -0.3 is 0 Å². The van der Waals surface area contributed by atoms with Crippen molar-refractivity contribution in [3.05, 3.63) is 41.3 Å². The van der Waals surface area contributed by atoms with Crippen molar-refractivity contribution in [3.63, 3.8) is 0 Å². The molecule has 0 radical (unpaired) electrons.